The van der Waals surface area contributed by atoms with Gasteiger partial charge in [0.1, 0.15) is 0 Å². The average Bonchev–Trinajstić information content (AvgIpc) is 2.38. The van der Waals surface area contributed by atoms with E-state index in [0.717, 1.165) is 6.20 Å². The predicted molar refractivity (Wildman–Crippen MR) is 71.8 cm³/mol. The molecule has 1 unspecified atom stereocenters. The van der Waals surface area contributed by atoms with Gasteiger partial charge in [-0.3, -0.25) is 0 Å². The Morgan fingerprint density at radius 1 is 1.10 bits per heavy atom. The summed E-state index contributed by atoms with van der Waals surface area (Å²) in [6.45, 7) is 0. The van der Waals surface area contributed by atoms with Crippen LogP contribution in [-0.2, 0) is 6.18 Å². The summed E-state index contributed by atoms with van der Waals surface area (Å²) >= 11 is 5.73. The van der Waals surface area contributed by atoms with E-state index in [1.54, 1.807) is 24.3 Å². The summed E-state index contributed by atoms with van der Waals surface area (Å²) in [6, 6.07) is 7.10. The van der Waals surface area contributed by atoms with Crippen molar-refractivity contribution in [3.05, 3.63) is 58.6 Å². The second-order valence-electron chi connectivity index (χ2n) is 3.83. The lowest BCUT2D eigenvalue weighted by molar-refractivity contribution is -0.145. The first-order chi connectivity index (χ1) is 8.88. The van der Waals surface area contributed by atoms with Gasteiger partial charge in [-0.2, -0.15) is 13.2 Å². The molecule has 0 bridgehead atoms. The molecule has 3 nitrogen and oxygen atoms in total. The second-order valence-corrected chi connectivity index (χ2v) is 4.27. The van der Waals surface area contributed by atoms with E-state index >= 15 is 0 Å². The van der Waals surface area contributed by atoms with Gasteiger partial charge >= 0.3 is 6.18 Å². The average molecular weight is 324 g/mol. The zero-order valence-corrected chi connectivity index (χ0v) is 11.5. The fourth-order valence-corrected chi connectivity index (χ4v) is 1.65. The third-order valence-electron chi connectivity index (χ3n) is 2.48. The van der Waals surface area contributed by atoms with Gasteiger partial charge in [-0.1, -0.05) is 23.7 Å². The molecule has 1 atom stereocenters. The van der Waals surface area contributed by atoms with Crippen molar-refractivity contribution in [1.82, 2.24) is 9.97 Å². The first-order valence-electron chi connectivity index (χ1n) is 5.29. The van der Waals surface area contributed by atoms with Gasteiger partial charge in [-0.15, -0.1) is 12.4 Å². The van der Waals surface area contributed by atoms with Gasteiger partial charge in [-0.05, 0) is 23.8 Å². The molecule has 0 amide bonds. The van der Waals surface area contributed by atoms with E-state index < -0.39 is 18.0 Å². The summed E-state index contributed by atoms with van der Waals surface area (Å²) in [7, 11) is 0. The molecule has 1 heterocycles. The van der Waals surface area contributed by atoms with Crippen LogP contribution in [0.3, 0.4) is 0 Å². The van der Waals surface area contributed by atoms with Gasteiger partial charge in [0, 0.05) is 11.2 Å². The third-order valence-corrected chi connectivity index (χ3v) is 2.73. The third kappa shape index (κ3) is 3.82. The number of aromatic nitrogens is 2. The Labute approximate surface area is 124 Å². The van der Waals surface area contributed by atoms with Crippen molar-refractivity contribution in [2.75, 3.05) is 0 Å². The number of nitrogens with two attached hydrogens (primary N) is 1. The molecule has 0 fully saturated rings. The molecule has 0 radical (unpaired) electrons. The van der Waals surface area contributed by atoms with E-state index in [1.165, 1.54) is 6.07 Å². The normalized spacial score (nSPS) is 12.7. The van der Waals surface area contributed by atoms with Gasteiger partial charge < -0.3 is 5.73 Å². The van der Waals surface area contributed by atoms with Crippen molar-refractivity contribution in [1.29, 1.82) is 0 Å². The topological polar surface area (TPSA) is 51.8 Å². The van der Waals surface area contributed by atoms with Crippen molar-refractivity contribution in [2.24, 2.45) is 5.73 Å². The van der Waals surface area contributed by atoms with Gasteiger partial charge in [0.15, 0.2) is 0 Å². The van der Waals surface area contributed by atoms with E-state index in [9.17, 15) is 13.2 Å². The fraction of sp³-hybridized carbons (Fsp3) is 0.167. The van der Waals surface area contributed by atoms with Gasteiger partial charge in [0.2, 0.25) is 5.82 Å². The number of nitrogens with zero attached hydrogens (tertiary/aromatic N) is 2. The molecule has 0 aliphatic rings. The Kier molecular flexibility index (Phi) is 5.33. The predicted octanol–water partition coefficient (Wildman–Crippen LogP) is 3.62. The summed E-state index contributed by atoms with van der Waals surface area (Å²) in [5, 5.41) is 0.523. The van der Waals surface area contributed by atoms with E-state index in [1.807, 2.05) is 0 Å². The highest BCUT2D eigenvalue weighted by atomic mass is 35.5. The number of hydrogen-bond acceptors (Lipinski definition) is 3. The molecule has 2 rings (SSSR count). The van der Waals surface area contributed by atoms with Crippen LogP contribution in [0.1, 0.15) is 23.1 Å². The molecule has 0 saturated heterocycles. The number of hydrogen-bond donors (Lipinski definition) is 1. The van der Waals surface area contributed by atoms with E-state index in [0.29, 0.717) is 10.6 Å². The second kappa shape index (κ2) is 6.39. The summed E-state index contributed by atoms with van der Waals surface area (Å²) in [4.78, 5) is 6.64. The van der Waals surface area contributed by atoms with Crippen molar-refractivity contribution in [2.45, 2.75) is 12.2 Å². The lowest BCUT2D eigenvalue weighted by Crippen LogP contribution is -2.18. The molecule has 0 saturated carbocycles. The Hall–Kier alpha value is -1.37. The minimum atomic E-state index is -4.59. The molecular weight excluding hydrogens is 314 g/mol. The molecule has 20 heavy (non-hydrogen) atoms. The minimum Gasteiger partial charge on any atom is -0.319 e. The smallest absolute Gasteiger partial charge is 0.319 e. The standard InChI is InChI=1S/C12H9ClF3N3.ClH/c13-8-3-1-7(2-4-8)10(17)9-5-6-18-11(19-9)12(14,15)16;/h1-6,10H,17H2;1H. The van der Waals surface area contributed by atoms with Crippen LogP contribution in [0.5, 0.6) is 0 Å². The molecule has 0 aliphatic heterocycles. The molecule has 108 valence electrons. The minimum absolute atomic E-state index is 0. The van der Waals surface area contributed by atoms with Crippen LogP contribution in [0.15, 0.2) is 36.5 Å². The van der Waals surface area contributed by atoms with Crippen molar-refractivity contribution >= 4 is 24.0 Å². The summed E-state index contributed by atoms with van der Waals surface area (Å²) in [5.41, 5.74) is 6.60. The maximum absolute atomic E-state index is 12.5. The van der Waals surface area contributed by atoms with Crippen LogP contribution >= 0.6 is 24.0 Å². The first-order valence-corrected chi connectivity index (χ1v) is 5.67. The molecule has 2 aromatic rings. The van der Waals surface area contributed by atoms with Gasteiger partial charge in [0.25, 0.3) is 0 Å². The van der Waals surface area contributed by atoms with Crippen LogP contribution in [0, 0.1) is 0 Å². The Bertz CT molecular complexity index is 573. The highest BCUT2D eigenvalue weighted by Crippen LogP contribution is 2.27. The highest BCUT2D eigenvalue weighted by molar-refractivity contribution is 6.30. The number of rotatable bonds is 2. The van der Waals surface area contributed by atoms with Crippen LogP contribution in [-0.4, -0.2) is 9.97 Å². The lowest BCUT2D eigenvalue weighted by Gasteiger charge is -2.13. The number of alkyl halides is 3. The van der Waals surface area contributed by atoms with E-state index in [4.69, 9.17) is 17.3 Å². The largest absolute Gasteiger partial charge is 0.451 e. The van der Waals surface area contributed by atoms with Gasteiger partial charge in [0.05, 0.1) is 11.7 Å². The van der Waals surface area contributed by atoms with Crippen molar-refractivity contribution < 1.29 is 13.2 Å². The Balaban J connectivity index is 0.00000200. The summed E-state index contributed by atoms with van der Waals surface area (Å²) in [5.74, 6) is -1.20. The number of benzene rings is 1. The molecule has 1 aromatic heterocycles. The van der Waals surface area contributed by atoms with Crippen LogP contribution < -0.4 is 5.73 Å². The van der Waals surface area contributed by atoms with Crippen LogP contribution in [0.4, 0.5) is 13.2 Å². The lowest BCUT2D eigenvalue weighted by atomic mass is 10.0. The van der Waals surface area contributed by atoms with E-state index in [-0.39, 0.29) is 18.1 Å². The van der Waals surface area contributed by atoms with E-state index in [2.05, 4.69) is 9.97 Å². The van der Waals surface area contributed by atoms with Gasteiger partial charge in [-0.25, -0.2) is 9.97 Å². The van der Waals surface area contributed by atoms with Crippen LogP contribution in [0.2, 0.25) is 5.02 Å². The molecular formula is C12H10Cl2F3N3. The van der Waals surface area contributed by atoms with Crippen LogP contribution in [0.25, 0.3) is 0 Å². The summed E-state index contributed by atoms with van der Waals surface area (Å²) in [6.07, 6.45) is -3.54. The molecule has 8 heteroatoms. The Morgan fingerprint density at radius 3 is 2.25 bits per heavy atom. The number of halogens is 5. The molecule has 0 aliphatic carbocycles. The maximum Gasteiger partial charge on any atom is 0.451 e. The molecule has 2 N–H and O–H groups in total. The SMILES string of the molecule is Cl.NC(c1ccc(Cl)cc1)c1ccnc(C(F)(F)F)n1. The monoisotopic (exact) mass is 323 g/mol. The quantitative estimate of drug-likeness (QED) is 0.918. The fourth-order valence-electron chi connectivity index (χ4n) is 1.52. The molecule has 1 aromatic carbocycles. The first kappa shape index (κ1) is 16.7. The molecule has 0 spiro atoms. The maximum atomic E-state index is 12.5. The van der Waals surface area contributed by atoms with Crippen molar-refractivity contribution in [3.63, 3.8) is 0 Å². The Morgan fingerprint density at radius 2 is 1.70 bits per heavy atom. The summed E-state index contributed by atoms with van der Waals surface area (Å²) < 4.78 is 37.5. The zero-order valence-electron chi connectivity index (χ0n) is 9.93. The zero-order chi connectivity index (χ0) is 14.0. The van der Waals surface area contributed by atoms with Crippen molar-refractivity contribution in [3.8, 4) is 0 Å². The highest BCUT2D eigenvalue weighted by Gasteiger charge is 2.35.